The number of carbonyl (C=O) groups excluding carboxylic acids is 1. The van der Waals surface area contributed by atoms with E-state index in [0.717, 1.165) is 43.1 Å². The second kappa shape index (κ2) is 10.4. The molecule has 174 valence electrons. The minimum absolute atomic E-state index is 0.0113. The Kier molecular flexibility index (Phi) is 6.93. The molecule has 0 aliphatic carbocycles. The molecule has 0 saturated heterocycles. The van der Waals surface area contributed by atoms with E-state index in [1.807, 2.05) is 62.4 Å². The number of Topliss-reactive ketones (excluding diaryl/α,β-unsaturated/α-hetero) is 1. The molecule has 0 radical (unpaired) electrons. The molecule has 0 saturated carbocycles. The van der Waals surface area contributed by atoms with Gasteiger partial charge in [-0.3, -0.25) is 9.78 Å². The molecule has 5 rings (SSSR count). The van der Waals surface area contributed by atoms with Crippen molar-refractivity contribution >= 4 is 28.5 Å². The molecule has 6 heteroatoms. The van der Waals surface area contributed by atoms with Crippen LogP contribution in [-0.4, -0.2) is 20.7 Å². The molecule has 0 bridgehead atoms. The molecule has 0 amide bonds. The number of aryl methyl sites for hydroxylation is 2. The number of aromatic nitrogens is 3. The quantitative estimate of drug-likeness (QED) is 0.212. The van der Waals surface area contributed by atoms with E-state index >= 15 is 0 Å². The van der Waals surface area contributed by atoms with Crippen molar-refractivity contribution in [1.29, 1.82) is 0 Å². The number of benzene rings is 2. The summed E-state index contributed by atoms with van der Waals surface area (Å²) in [6, 6.07) is 24.3. The smallest absolute Gasteiger partial charge is 0.165 e. The van der Waals surface area contributed by atoms with Crippen LogP contribution < -0.4 is 0 Å². The van der Waals surface area contributed by atoms with Crippen molar-refractivity contribution in [2.24, 2.45) is 0 Å². The fourth-order valence-electron chi connectivity index (χ4n) is 4.22. The van der Waals surface area contributed by atoms with Crippen LogP contribution in [0.25, 0.3) is 10.6 Å². The lowest BCUT2D eigenvalue weighted by molar-refractivity contribution is 0.0977. The topological polar surface area (TPSA) is 55.7 Å². The fourth-order valence-corrected chi connectivity index (χ4v) is 5.97. The van der Waals surface area contributed by atoms with Crippen molar-refractivity contribution in [1.82, 2.24) is 15.0 Å². The molecule has 0 aliphatic heterocycles. The van der Waals surface area contributed by atoms with Gasteiger partial charge in [-0.2, -0.15) is 0 Å². The lowest BCUT2D eigenvalue weighted by Crippen LogP contribution is -2.10. The maximum Gasteiger partial charge on any atom is 0.165 e. The van der Waals surface area contributed by atoms with Gasteiger partial charge in [-0.1, -0.05) is 60.7 Å². The van der Waals surface area contributed by atoms with Gasteiger partial charge in [0.15, 0.2) is 5.78 Å². The molecule has 4 nitrogen and oxygen atoms in total. The number of thiazole rings is 2. The van der Waals surface area contributed by atoms with E-state index in [1.54, 1.807) is 28.9 Å². The Hall–Kier alpha value is -3.48. The highest BCUT2D eigenvalue weighted by Gasteiger charge is 2.19. The molecule has 3 aromatic heterocycles. The summed E-state index contributed by atoms with van der Waals surface area (Å²) in [5.74, 6) is 0.103. The molecule has 0 N–H and O–H groups in total. The third-order valence-electron chi connectivity index (χ3n) is 5.96. The predicted molar refractivity (Wildman–Crippen MR) is 143 cm³/mol. The van der Waals surface area contributed by atoms with Gasteiger partial charge >= 0.3 is 0 Å². The number of carbonyl (C=O) groups is 1. The summed E-state index contributed by atoms with van der Waals surface area (Å²) in [5.41, 5.74) is 5.83. The van der Waals surface area contributed by atoms with E-state index in [1.165, 1.54) is 0 Å². The van der Waals surface area contributed by atoms with Gasteiger partial charge in [-0.05, 0) is 37.1 Å². The van der Waals surface area contributed by atoms with Gasteiger partial charge in [0.1, 0.15) is 0 Å². The number of rotatable bonds is 8. The highest BCUT2D eigenvalue weighted by molar-refractivity contribution is 7.16. The van der Waals surface area contributed by atoms with Crippen molar-refractivity contribution in [2.75, 3.05) is 0 Å². The van der Waals surface area contributed by atoms with Crippen LogP contribution in [0.4, 0.5) is 0 Å². The summed E-state index contributed by atoms with van der Waals surface area (Å²) >= 11 is 3.31. The second-order valence-corrected chi connectivity index (χ2v) is 10.6. The third-order valence-corrected chi connectivity index (χ3v) is 7.90. The van der Waals surface area contributed by atoms with Gasteiger partial charge in [-0.15, -0.1) is 22.7 Å². The average Bonchev–Trinajstić information content (AvgIpc) is 3.49. The standard InChI is InChI=1S/C29H25N3OS2/c1-19-29(35-20(2)31-19)26-18-34-28(32-26)15-24-14-13-23(17-30-24)27(33)16-25(21-9-5-3-6-10-21)22-11-7-4-8-12-22/h3-14,17-18,25H,15-16H2,1-2H3. The highest BCUT2D eigenvalue weighted by Crippen LogP contribution is 2.31. The van der Waals surface area contributed by atoms with Crippen molar-refractivity contribution in [3.05, 3.63) is 122 Å². The first-order valence-electron chi connectivity index (χ1n) is 11.5. The zero-order valence-electron chi connectivity index (χ0n) is 19.6. The molecule has 0 aliphatic rings. The number of hydrogen-bond acceptors (Lipinski definition) is 6. The molecule has 5 aromatic rings. The van der Waals surface area contributed by atoms with E-state index in [4.69, 9.17) is 4.98 Å². The Balaban J connectivity index is 1.29. The molecular formula is C29H25N3OS2. The van der Waals surface area contributed by atoms with Crippen LogP contribution in [0.15, 0.2) is 84.4 Å². The van der Waals surface area contributed by atoms with Crippen LogP contribution in [-0.2, 0) is 6.42 Å². The van der Waals surface area contributed by atoms with E-state index in [9.17, 15) is 4.79 Å². The monoisotopic (exact) mass is 495 g/mol. The normalized spacial score (nSPS) is 11.2. The van der Waals surface area contributed by atoms with Crippen molar-refractivity contribution in [2.45, 2.75) is 32.6 Å². The number of hydrogen-bond donors (Lipinski definition) is 0. The van der Waals surface area contributed by atoms with Crippen LogP contribution in [0.1, 0.15) is 55.2 Å². The highest BCUT2D eigenvalue weighted by atomic mass is 32.1. The molecule has 35 heavy (non-hydrogen) atoms. The Labute approximate surface area is 213 Å². The number of ketones is 1. The first kappa shape index (κ1) is 23.3. The number of nitrogens with zero attached hydrogens (tertiary/aromatic N) is 3. The summed E-state index contributed by atoms with van der Waals surface area (Å²) in [4.78, 5) is 28.2. The summed E-state index contributed by atoms with van der Waals surface area (Å²) in [7, 11) is 0. The molecule has 0 unspecified atom stereocenters. The second-order valence-electron chi connectivity index (χ2n) is 8.49. The maximum absolute atomic E-state index is 13.2. The van der Waals surface area contributed by atoms with Gasteiger partial charge in [-0.25, -0.2) is 9.97 Å². The molecule has 3 heterocycles. The van der Waals surface area contributed by atoms with Crippen LogP contribution in [0.3, 0.4) is 0 Å². The summed E-state index contributed by atoms with van der Waals surface area (Å²) in [5, 5.41) is 4.14. The van der Waals surface area contributed by atoms with Gasteiger partial charge in [0.25, 0.3) is 0 Å². The Morgan fingerprint density at radius 1 is 0.886 bits per heavy atom. The zero-order chi connectivity index (χ0) is 24.2. The largest absolute Gasteiger partial charge is 0.294 e. The van der Waals surface area contributed by atoms with Crippen molar-refractivity contribution in [3.63, 3.8) is 0 Å². The van der Waals surface area contributed by atoms with Crippen LogP contribution in [0.5, 0.6) is 0 Å². The van der Waals surface area contributed by atoms with Gasteiger partial charge in [0.05, 0.1) is 26.3 Å². The minimum atomic E-state index is 0.0113. The maximum atomic E-state index is 13.2. The van der Waals surface area contributed by atoms with E-state index < -0.39 is 0 Å². The van der Waals surface area contributed by atoms with Crippen LogP contribution in [0, 0.1) is 13.8 Å². The third kappa shape index (κ3) is 5.45. The van der Waals surface area contributed by atoms with Crippen LogP contribution in [0.2, 0.25) is 0 Å². The fraction of sp³-hybridized carbons (Fsp3) is 0.172. The molecule has 0 fully saturated rings. The Morgan fingerprint density at radius 2 is 1.57 bits per heavy atom. The van der Waals surface area contributed by atoms with E-state index in [-0.39, 0.29) is 11.7 Å². The summed E-state index contributed by atoms with van der Waals surface area (Å²) in [6.07, 6.45) is 2.75. The molecule has 2 aromatic carbocycles. The van der Waals surface area contributed by atoms with E-state index in [0.29, 0.717) is 18.4 Å². The van der Waals surface area contributed by atoms with E-state index in [2.05, 4.69) is 39.6 Å². The molecule has 0 spiro atoms. The number of pyridine rings is 1. The molecule has 0 atom stereocenters. The lowest BCUT2D eigenvalue weighted by atomic mass is 9.86. The summed E-state index contributed by atoms with van der Waals surface area (Å²) < 4.78 is 0. The minimum Gasteiger partial charge on any atom is -0.294 e. The molecular weight excluding hydrogens is 470 g/mol. The van der Waals surface area contributed by atoms with Crippen molar-refractivity contribution in [3.8, 4) is 10.6 Å². The zero-order valence-corrected chi connectivity index (χ0v) is 21.3. The van der Waals surface area contributed by atoms with Crippen molar-refractivity contribution < 1.29 is 4.79 Å². The van der Waals surface area contributed by atoms with Gasteiger partial charge in [0, 0.05) is 41.6 Å². The Morgan fingerprint density at radius 3 is 2.14 bits per heavy atom. The predicted octanol–water partition coefficient (Wildman–Crippen LogP) is 7.27. The van der Waals surface area contributed by atoms with Gasteiger partial charge < -0.3 is 0 Å². The van der Waals surface area contributed by atoms with Crippen LogP contribution >= 0.6 is 22.7 Å². The SMILES string of the molecule is Cc1nc(C)c(-c2csc(Cc3ccc(C(=O)CC(c4ccccc4)c4ccccc4)cn3)n2)s1. The average molecular weight is 496 g/mol. The lowest BCUT2D eigenvalue weighted by Gasteiger charge is -2.17. The Bertz CT molecular complexity index is 1380. The summed E-state index contributed by atoms with van der Waals surface area (Å²) in [6.45, 7) is 4.04. The van der Waals surface area contributed by atoms with Gasteiger partial charge in [0.2, 0.25) is 0 Å². The first-order valence-corrected chi connectivity index (χ1v) is 13.2. The first-order chi connectivity index (χ1) is 17.1.